The molecule has 28 heavy (non-hydrogen) atoms. The highest BCUT2D eigenvalue weighted by Crippen LogP contribution is 2.67. The second kappa shape index (κ2) is 7.12. The summed E-state index contributed by atoms with van der Waals surface area (Å²) in [5.74, 6) is 3.33. The van der Waals surface area contributed by atoms with Gasteiger partial charge in [-0.15, -0.1) is 0 Å². The monoisotopic (exact) mass is 388 g/mol. The Morgan fingerprint density at radius 1 is 1.14 bits per heavy atom. The second-order valence-corrected chi connectivity index (χ2v) is 11.1. The fraction of sp³-hybridized carbons (Fsp3) is 0.875. The minimum atomic E-state index is -0.0199. The van der Waals surface area contributed by atoms with E-state index in [2.05, 4.69) is 39.3 Å². The summed E-state index contributed by atoms with van der Waals surface area (Å²) in [5.41, 5.74) is 10.5. The molecule has 0 aromatic heterocycles. The van der Waals surface area contributed by atoms with E-state index in [-0.39, 0.29) is 10.8 Å². The lowest BCUT2D eigenvalue weighted by Crippen LogP contribution is -2.57. The van der Waals surface area contributed by atoms with Gasteiger partial charge in [0.1, 0.15) is 5.78 Å². The molecule has 4 aliphatic rings. The van der Waals surface area contributed by atoms with Crippen molar-refractivity contribution in [2.75, 3.05) is 13.2 Å². The Morgan fingerprint density at radius 3 is 2.68 bits per heavy atom. The molecule has 4 rings (SSSR count). The summed E-state index contributed by atoms with van der Waals surface area (Å²) in [5, 5.41) is 0. The molecular formula is C24H40N2O2. The summed E-state index contributed by atoms with van der Waals surface area (Å²) in [6.07, 6.45) is 11.3. The number of hydrogen-bond acceptors (Lipinski definition) is 4. The smallest absolute Gasteiger partial charge is 0.139 e. The average Bonchev–Trinajstić information content (AvgIpc) is 2.95. The zero-order valence-corrected chi connectivity index (χ0v) is 18.4. The maximum absolute atomic E-state index is 12.6. The standard InChI is InChI=1S/C24H40N2O2/c1-22(2)19-8-6-16-17-7-9-21(27)24(17,4)12-10-18(16)23(19,3)13-11-20(22)26-28-15-5-14-25/h11,16-19,26H,5-10,12-15,25H2,1-4H3/t16-,17-,18-,19?,23+,24-/m0/s1. The van der Waals surface area contributed by atoms with E-state index in [1.165, 1.54) is 25.0 Å². The number of nitrogens with two attached hydrogens (primary N) is 1. The minimum absolute atomic E-state index is 0.0199. The molecule has 0 bridgehead atoms. The molecule has 0 amide bonds. The van der Waals surface area contributed by atoms with Crippen molar-refractivity contribution in [3.63, 3.8) is 0 Å². The molecule has 0 saturated heterocycles. The predicted molar refractivity (Wildman–Crippen MR) is 112 cm³/mol. The first-order chi connectivity index (χ1) is 13.2. The number of ketones is 1. The first-order valence-electron chi connectivity index (χ1n) is 11.6. The number of Topliss-reactive ketones (excluding diaryl/α,β-unsaturated/α-hetero) is 1. The van der Waals surface area contributed by atoms with Crippen molar-refractivity contribution in [3.05, 3.63) is 11.8 Å². The summed E-state index contributed by atoms with van der Waals surface area (Å²) in [7, 11) is 0. The zero-order valence-electron chi connectivity index (χ0n) is 18.4. The molecule has 6 atom stereocenters. The molecule has 3 N–H and O–H groups in total. The summed E-state index contributed by atoms with van der Waals surface area (Å²) in [6.45, 7) is 10.9. The number of rotatable bonds is 5. The zero-order chi connectivity index (χ0) is 20.2. The van der Waals surface area contributed by atoms with Gasteiger partial charge in [-0.3, -0.25) is 15.1 Å². The van der Waals surface area contributed by atoms with Crippen LogP contribution in [0.1, 0.15) is 79.1 Å². The van der Waals surface area contributed by atoms with Crippen LogP contribution in [-0.2, 0) is 9.63 Å². The Morgan fingerprint density at radius 2 is 1.93 bits per heavy atom. The number of allylic oxidation sites excluding steroid dienone is 2. The molecule has 0 aromatic carbocycles. The lowest BCUT2D eigenvalue weighted by Gasteiger charge is -2.62. The van der Waals surface area contributed by atoms with Crippen molar-refractivity contribution in [2.24, 2.45) is 45.7 Å². The van der Waals surface area contributed by atoms with Gasteiger partial charge in [0, 0.05) is 22.9 Å². The fourth-order valence-corrected chi connectivity index (χ4v) is 7.94. The lowest BCUT2D eigenvalue weighted by molar-refractivity contribution is -0.142. The first-order valence-corrected chi connectivity index (χ1v) is 11.6. The van der Waals surface area contributed by atoms with E-state index in [9.17, 15) is 4.79 Å². The molecule has 1 unspecified atom stereocenters. The van der Waals surface area contributed by atoms with Crippen LogP contribution in [0.5, 0.6) is 0 Å². The van der Waals surface area contributed by atoms with Gasteiger partial charge in [-0.1, -0.05) is 33.8 Å². The van der Waals surface area contributed by atoms with E-state index in [4.69, 9.17) is 10.6 Å². The Kier molecular flexibility index (Phi) is 5.19. The number of nitrogens with one attached hydrogen (secondary N) is 1. The van der Waals surface area contributed by atoms with Gasteiger partial charge < -0.3 is 5.73 Å². The SMILES string of the molecule is CC1(C)C(NOCCCN)=CC[C@@]2(C)C1CC[C@@H]1[C@@H]2CC[C@]2(C)C(=O)CC[C@@H]12. The third-order valence-electron chi connectivity index (χ3n) is 9.52. The van der Waals surface area contributed by atoms with Crippen LogP contribution in [0, 0.1) is 39.9 Å². The van der Waals surface area contributed by atoms with Gasteiger partial charge in [-0.2, -0.15) is 0 Å². The molecule has 0 radical (unpaired) electrons. The van der Waals surface area contributed by atoms with Crippen LogP contribution in [-0.4, -0.2) is 18.9 Å². The molecule has 0 aromatic rings. The van der Waals surface area contributed by atoms with Gasteiger partial charge >= 0.3 is 0 Å². The van der Waals surface area contributed by atoms with Crippen molar-refractivity contribution >= 4 is 5.78 Å². The number of fused-ring (bicyclic) bond motifs is 5. The molecule has 158 valence electrons. The Labute approximate surface area is 171 Å². The Bertz CT molecular complexity index is 657. The van der Waals surface area contributed by atoms with E-state index in [1.54, 1.807) is 0 Å². The molecule has 0 aliphatic heterocycles. The topological polar surface area (TPSA) is 64.3 Å². The third-order valence-corrected chi connectivity index (χ3v) is 9.52. The van der Waals surface area contributed by atoms with E-state index < -0.39 is 0 Å². The molecular weight excluding hydrogens is 348 g/mol. The normalized spacial score (nSPS) is 44.3. The van der Waals surface area contributed by atoms with Gasteiger partial charge in [0.15, 0.2) is 0 Å². The highest BCUT2D eigenvalue weighted by Gasteiger charge is 2.62. The van der Waals surface area contributed by atoms with E-state index >= 15 is 0 Å². The van der Waals surface area contributed by atoms with Crippen LogP contribution in [0.15, 0.2) is 11.8 Å². The highest BCUT2D eigenvalue weighted by atomic mass is 16.6. The van der Waals surface area contributed by atoms with Crippen LogP contribution in [0.3, 0.4) is 0 Å². The summed E-state index contributed by atoms with van der Waals surface area (Å²) in [4.78, 5) is 18.3. The number of hydrogen-bond donors (Lipinski definition) is 2. The first kappa shape index (κ1) is 20.4. The van der Waals surface area contributed by atoms with Crippen LogP contribution in [0.2, 0.25) is 0 Å². The molecule has 3 saturated carbocycles. The molecule has 4 aliphatic carbocycles. The van der Waals surface area contributed by atoms with Crippen LogP contribution in [0.4, 0.5) is 0 Å². The molecule has 0 heterocycles. The summed E-state index contributed by atoms with van der Waals surface area (Å²) >= 11 is 0. The minimum Gasteiger partial charge on any atom is -0.330 e. The number of hydroxylamine groups is 1. The van der Waals surface area contributed by atoms with Gasteiger partial charge in [0.2, 0.25) is 0 Å². The van der Waals surface area contributed by atoms with E-state index in [1.807, 2.05) is 0 Å². The quantitative estimate of drug-likeness (QED) is 0.534. The largest absolute Gasteiger partial charge is 0.330 e. The van der Waals surface area contributed by atoms with Crippen molar-refractivity contribution in [1.82, 2.24) is 5.48 Å². The lowest BCUT2D eigenvalue weighted by atomic mass is 9.42. The van der Waals surface area contributed by atoms with Crippen molar-refractivity contribution in [2.45, 2.75) is 79.1 Å². The molecule has 0 spiro atoms. The van der Waals surface area contributed by atoms with Crippen molar-refractivity contribution in [1.29, 1.82) is 0 Å². The molecule has 3 fully saturated rings. The van der Waals surface area contributed by atoms with Gasteiger partial charge in [0.05, 0.1) is 6.61 Å². The van der Waals surface area contributed by atoms with Gasteiger partial charge in [-0.05, 0) is 80.6 Å². The highest BCUT2D eigenvalue weighted by molar-refractivity contribution is 5.87. The maximum atomic E-state index is 12.6. The number of carbonyl (C=O) groups excluding carboxylic acids is 1. The third kappa shape index (κ3) is 2.89. The second-order valence-electron chi connectivity index (χ2n) is 11.1. The molecule has 4 heteroatoms. The molecule has 4 nitrogen and oxygen atoms in total. The summed E-state index contributed by atoms with van der Waals surface area (Å²) < 4.78 is 0. The van der Waals surface area contributed by atoms with Crippen LogP contribution >= 0.6 is 0 Å². The fourth-order valence-electron chi connectivity index (χ4n) is 7.94. The average molecular weight is 389 g/mol. The predicted octanol–water partition coefficient (Wildman–Crippen LogP) is 4.60. The van der Waals surface area contributed by atoms with Crippen molar-refractivity contribution in [3.8, 4) is 0 Å². The number of carbonyl (C=O) groups is 1. The van der Waals surface area contributed by atoms with Crippen molar-refractivity contribution < 1.29 is 9.63 Å². The van der Waals surface area contributed by atoms with Crippen LogP contribution in [0.25, 0.3) is 0 Å². The van der Waals surface area contributed by atoms with E-state index in [0.717, 1.165) is 43.9 Å². The van der Waals surface area contributed by atoms with Gasteiger partial charge in [-0.25, -0.2) is 0 Å². The van der Waals surface area contributed by atoms with Crippen LogP contribution < -0.4 is 11.2 Å². The summed E-state index contributed by atoms with van der Waals surface area (Å²) in [6, 6.07) is 0. The maximum Gasteiger partial charge on any atom is 0.139 e. The Hall–Kier alpha value is -0.870. The van der Waals surface area contributed by atoms with Gasteiger partial charge in [0.25, 0.3) is 0 Å². The van der Waals surface area contributed by atoms with E-state index in [0.29, 0.717) is 36.2 Å². The Balaban J connectivity index is 1.56.